The molecule has 1 saturated carbocycles. The highest BCUT2D eigenvalue weighted by Crippen LogP contribution is 2.46. The summed E-state index contributed by atoms with van der Waals surface area (Å²) in [5.74, 6) is -1.22. The molecule has 6 aromatic rings. The molecule has 0 unspecified atom stereocenters. The molecule has 1 aliphatic rings. The van der Waals surface area contributed by atoms with Crippen molar-refractivity contribution in [1.82, 2.24) is 15.1 Å². The molecule has 8 heteroatoms. The highest BCUT2D eigenvalue weighted by Gasteiger charge is 2.46. The van der Waals surface area contributed by atoms with E-state index in [-0.39, 0.29) is 11.5 Å². The van der Waals surface area contributed by atoms with Crippen LogP contribution in [0.4, 0.5) is 0 Å². The van der Waals surface area contributed by atoms with Crippen LogP contribution in [0.3, 0.4) is 0 Å². The van der Waals surface area contributed by atoms with E-state index in [4.69, 9.17) is 5.10 Å². The summed E-state index contributed by atoms with van der Waals surface area (Å²) < 4.78 is 14.8. The Hall–Kier alpha value is -5.26. The molecule has 2 N–H and O–H groups in total. The predicted molar refractivity (Wildman–Crippen MR) is 187 cm³/mol. The topological polar surface area (TPSA) is 101 Å². The van der Waals surface area contributed by atoms with Gasteiger partial charge in [0, 0.05) is 10.7 Å². The number of carboxylic acid groups (broad SMARTS) is 1. The first kappa shape index (κ1) is 30.4. The van der Waals surface area contributed by atoms with Crippen LogP contribution >= 0.6 is 7.14 Å². The normalized spacial score (nSPS) is 13.7. The molecule has 1 heterocycles. The monoisotopic (exact) mass is 639 g/mol. The zero-order valence-electron chi connectivity index (χ0n) is 26.2. The second-order valence-corrected chi connectivity index (χ2v) is 15.9. The lowest BCUT2D eigenvalue weighted by Crippen LogP contribution is -2.35. The number of carbonyl (C=O) groups excluding carboxylic acids is 1. The number of aromatic nitrogens is 2. The predicted octanol–water partition coefficient (Wildman–Crippen LogP) is 7.78. The smallest absolute Gasteiger partial charge is 0.335 e. The Bertz CT molecular complexity index is 2200. The molecule has 1 amide bonds. The van der Waals surface area contributed by atoms with Gasteiger partial charge >= 0.3 is 5.97 Å². The maximum absolute atomic E-state index is 14.3. The maximum atomic E-state index is 14.3. The summed E-state index contributed by atoms with van der Waals surface area (Å²) in [6.45, 7) is 3.97. The third-order valence-electron chi connectivity index (χ3n) is 8.93. The molecule has 1 fully saturated rings. The fourth-order valence-corrected chi connectivity index (χ4v) is 7.09. The van der Waals surface area contributed by atoms with Gasteiger partial charge in [0.15, 0.2) is 0 Å². The average Bonchev–Trinajstić information content (AvgIpc) is 3.76. The molecule has 47 heavy (non-hydrogen) atoms. The molecule has 7 rings (SSSR count). The van der Waals surface area contributed by atoms with Crippen molar-refractivity contribution in [2.45, 2.75) is 24.9 Å². The molecule has 234 valence electrons. The molecule has 0 spiro atoms. The fourth-order valence-electron chi connectivity index (χ4n) is 6.19. The van der Waals surface area contributed by atoms with Crippen molar-refractivity contribution in [2.75, 3.05) is 13.3 Å². The van der Waals surface area contributed by atoms with Crippen molar-refractivity contribution in [1.29, 1.82) is 0 Å². The van der Waals surface area contributed by atoms with Crippen molar-refractivity contribution < 1.29 is 19.3 Å². The zero-order valence-corrected chi connectivity index (χ0v) is 27.1. The molecule has 0 aliphatic heterocycles. The van der Waals surface area contributed by atoms with Gasteiger partial charge in [-0.1, -0.05) is 78.9 Å². The van der Waals surface area contributed by atoms with Gasteiger partial charge in [0.25, 0.3) is 5.91 Å². The quantitative estimate of drug-likeness (QED) is 0.157. The van der Waals surface area contributed by atoms with E-state index < -0.39 is 18.7 Å². The molecule has 5 aromatic carbocycles. The number of hydrogen-bond donors (Lipinski definition) is 2. The van der Waals surface area contributed by atoms with Crippen molar-refractivity contribution in [3.05, 3.63) is 144 Å². The van der Waals surface area contributed by atoms with Gasteiger partial charge in [0.2, 0.25) is 0 Å². The minimum Gasteiger partial charge on any atom is -0.478 e. The Morgan fingerprint density at radius 2 is 1.49 bits per heavy atom. The standard InChI is InChI=1S/C39H34N3O4P/c1-47(2,46)34-13-7-12-30(22-34)31-21-32-24-40-42(25-26-8-6-11-29(20-26)27-9-4-3-5-10-27)36(32)35(23-31)37(43)41-39(18-19-39)33-16-14-28(15-17-33)38(44)45/h3-17,20-24H,18-19,25H2,1-2H3,(H,41,43)(H,44,45). The second kappa shape index (κ2) is 11.8. The number of nitrogens with zero attached hydrogens (tertiary/aromatic N) is 2. The Morgan fingerprint density at radius 1 is 0.809 bits per heavy atom. The van der Waals surface area contributed by atoms with E-state index in [0.717, 1.165) is 62.4 Å². The van der Waals surface area contributed by atoms with Gasteiger partial charge in [-0.15, -0.1) is 0 Å². The summed E-state index contributed by atoms with van der Waals surface area (Å²) in [4.78, 5) is 25.7. The molecule has 1 aliphatic carbocycles. The van der Waals surface area contributed by atoms with Crippen LogP contribution in [0.1, 0.15) is 44.7 Å². The van der Waals surface area contributed by atoms with Crippen LogP contribution in [0.2, 0.25) is 0 Å². The number of fused-ring (bicyclic) bond motifs is 1. The lowest BCUT2D eigenvalue weighted by molar-refractivity contribution is 0.0696. The SMILES string of the molecule is CP(C)(=O)c1cccc(-c2cc(C(=O)NC3(c4ccc(C(=O)O)cc4)CC3)c3c(cnn3Cc3cccc(-c4ccccc4)c3)c2)c1. The van der Waals surface area contributed by atoms with Crippen molar-refractivity contribution in [3.63, 3.8) is 0 Å². The highest BCUT2D eigenvalue weighted by molar-refractivity contribution is 7.70. The summed E-state index contributed by atoms with van der Waals surface area (Å²) in [7, 11) is -2.50. The first-order valence-electron chi connectivity index (χ1n) is 15.6. The van der Waals surface area contributed by atoms with E-state index in [1.54, 1.807) is 43.8 Å². The lowest BCUT2D eigenvalue weighted by Gasteiger charge is -2.20. The zero-order chi connectivity index (χ0) is 32.8. The Morgan fingerprint density at radius 3 is 2.17 bits per heavy atom. The molecule has 0 radical (unpaired) electrons. The summed E-state index contributed by atoms with van der Waals surface area (Å²) in [5, 5.41) is 19.0. The van der Waals surface area contributed by atoms with Crippen LogP contribution in [0.25, 0.3) is 33.2 Å². The molecule has 1 aromatic heterocycles. The molecule has 0 saturated heterocycles. The van der Waals surface area contributed by atoms with Gasteiger partial charge in [-0.25, -0.2) is 4.79 Å². The van der Waals surface area contributed by atoms with Gasteiger partial charge in [0.05, 0.1) is 34.9 Å². The number of nitrogens with one attached hydrogen (secondary N) is 1. The van der Waals surface area contributed by atoms with E-state index in [0.29, 0.717) is 12.1 Å². The van der Waals surface area contributed by atoms with Crippen molar-refractivity contribution >= 4 is 35.2 Å². The van der Waals surface area contributed by atoms with E-state index >= 15 is 0 Å². The largest absolute Gasteiger partial charge is 0.478 e. The third-order valence-corrected chi connectivity index (χ3v) is 10.5. The number of carbonyl (C=O) groups is 2. The molecule has 7 nitrogen and oxygen atoms in total. The van der Waals surface area contributed by atoms with Crippen LogP contribution in [0.5, 0.6) is 0 Å². The minimum atomic E-state index is -2.50. The number of amides is 1. The van der Waals surface area contributed by atoms with E-state index in [9.17, 15) is 19.3 Å². The van der Waals surface area contributed by atoms with Crippen molar-refractivity contribution in [2.24, 2.45) is 0 Å². The average molecular weight is 640 g/mol. The summed E-state index contributed by atoms with van der Waals surface area (Å²) in [6.07, 6.45) is 3.30. The van der Waals surface area contributed by atoms with E-state index in [2.05, 4.69) is 35.6 Å². The van der Waals surface area contributed by atoms with E-state index in [1.807, 2.05) is 65.3 Å². The van der Waals surface area contributed by atoms with Crippen molar-refractivity contribution in [3.8, 4) is 22.3 Å². The van der Waals surface area contributed by atoms with Gasteiger partial charge < -0.3 is 15.0 Å². The van der Waals surface area contributed by atoms with Crippen LogP contribution in [-0.2, 0) is 16.6 Å². The minimum absolute atomic E-state index is 0.205. The fraction of sp³-hybridized carbons (Fsp3) is 0.154. The van der Waals surface area contributed by atoms with Crippen LogP contribution in [0.15, 0.2) is 121 Å². The lowest BCUT2D eigenvalue weighted by atomic mass is 9.98. The molecular formula is C39H34N3O4P. The number of aromatic carboxylic acids is 1. The second-order valence-electron chi connectivity index (χ2n) is 12.7. The number of rotatable bonds is 9. The number of carboxylic acids is 1. The first-order valence-corrected chi connectivity index (χ1v) is 18.2. The van der Waals surface area contributed by atoms with Gasteiger partial charge in [0.1, 0.15) is 7.14 Å². The Kier molecular flexibility index (Phi) is 7.65. The van der Waals surface area contributed by atoms with Crippen LogP contribution < -0.4 is 10.6 Å². The third kappa shape index (κ3) is 6.15. The molecular weight excluding hydrogens is 605 g/mol. The number of hydrogen-bond acceptors (Lipinski definition) is 4. The van der Waals surface area contributed by atoms with Crippen LogP contribution in [-0.4, -0.2) is 40.1 Å². The Labute approximate surface area is 273 Å². The molecule has 0 bridgehead atoms. The van der Waals surface area contributed by atoms with Gasteiger partial charge in [-0.05, 0) is 96.0 Å². The first-order chi connectivity index (χ1) is 22.6. The molecule has 0 atom stereocenters. The van der Waals surface area contributed by atoms with Gasteiger partial charge in [-0.2, -0.15) is 5.10 Å². The maximum Gasteiger partial charge on any atom is 0.335 e. The highest BCUT2D eigenvalue weighted by atomic mass is 31.2. The van der Waals surface area contributed by atoms with E-state index in [1.165, 1.54) is 0 Å². The summed E-state index contributed by atoms with van der Waals surface area (Å²) in [5.41, 5.74) is 6.72. The summed E-state index contributed by atoms with van der Waals surface area (Å²) in [6, 6.07) is 36.9. The number of benzene rings is 5. The van der Waals surface area contributed by atoms with Gasteiger partial charge in [-0.3, -0.25) is 9.48 Å². The Balaban J connectivity index is 1.30. The van der Waals surface area contributed by atoms with Crippen LogP contribution in [0, 0.1) is 0 Å². The summed E-state index contributed by atoms with van der Waals surface area (Å²) >= 11 is 0.